The largest absolute Gasteiger partial charge is 0.495 e. The number of methoxy groups -OCH3 is 1. The summed E-state index contributed by atoms with van der Waals surface area (Å²) in [5, 5.41) is 0. The van der Waals surface area contributed by atoms with E-state index in [0.29, 0.717) is 24.0 Å². The van der Waals surface area contributed by atoms with Crippen molar-refractivity contribution in [3.05, 3.63) is 57.8 Å². The lowest BCUT2D eigenvalue weighted by Gasteiger charge is -2.43. The summed E-state index contributed by atoms with van der Waals surface area (Å²) in [6.45, 7) is 6.22. The Kier molecular flexibility index (Phi) is 4.85. The first kappa shape index (κ1) is 19.5. The first-order valence-corrected chi connectivity index (χ1v) is 11.5. The van der Waals surface area contributed by atoms with E-state index in [2.05, 4.69) is 31.5 Å². The molecule has 0 radical (unpaired) electrons. The number of ether oxygens (including phenoxy) is 2. The van der Waals surface area contributed by atoms with Crippen LogP contribution in [0.25, 0.3) is 0 Å². The Morgan fingerprint density at radius 3 is 2.77 bits per heavy atom. The minimum Gasteiger partial charge on any atom is -0.495 e. The van der Waals surface area contributed by atoms with Crippen molar-refractivity contribution in [3.8, 4) is 5.75 Å². The van der Waals surface area contributed by atoms with Crippen LogP contribution in [-0.4, -0.2) is 64.8 Å². The molecule has 3 fully saturated rings. The van der Waals surface area contributed by atoms with Gasteiger partial charge in [0.25, 0.3) is 5.56 Å². The van der Waals surface area contributed by atoms with Gasteiger partial charge in [-0.3, -0.25) is 19.6 Å². The Morgan fingerprint density at radius 2 is 2.03 bits per heavy atom. The lowest BCUT2D eigenvalue weighted by atomic mass is 9.83. The van der Waals surface area contributed by atoms with E-state index in [0.717, 1.165) is 69.3 Å². The van der Waals surface area contributed by atoms with Gasteiger partial charge in [0.05, 0.1) is 31.7 Å². The minimum atomic E-state index is 0.223. The minimum absolute atomic E-state index is 0.223. The molecule has 6 rings (SSSR count). The summed E-state index contributed by atoms with van der Waals surface area (Å²) < 4.78 is 13.0. The molecule has 0 N–H and O–H groups in total. The third-order valence-corrected chi connectivity index (χ3v) is 7.56. The average molecular weight is 423 g/mol. The fraction of sp³-hybridized carbons (Fsp3) is 0.583. The zero-order valence-corrected chi connectivity index (χ0v) is 18.1. The Labute approximate surface area is 182 Å². The number of pyridine rings is 2. The number of aromatic nitrogens is 2. The summed E-state index contributed by atoms with van der Waals surface area (Å²) in [7, 11) is 1.66. The van der Waals surface area contributed by atoms with Gasteiger partial charge in [-0.2, -0.15) is 0 Å². The van der Waals surface area contributed by atoms with Gasteiger partial charge in [-0.15, -0.1) is 0 Å². The highest BCUT2D eigenvalue weighted by Gasteiger charge is 2.39. The van der Waals surface area contributed by atoms with E-state index in [1.54, 1.807) is 13.3 Å². The number of morpholine rings is 1. The smallest absolute Gasteiger partial charge is 0.255 e. The van der Waals surface area contributed by atoms with Crippen molar-refractivity contribution in [2.45, 2.75) is 50.5 Å². The standard InChI is InChI=1S/C24H30N4O3/c1-30-21-4-3-19(25-8-21)13-26-9-16-6-18(11-26)23-5-2-17(24(29)28(23)10-16)12-27-14-22-7-20(27)15-31-22/h2-5,8,16,18,20,22H,6-7,9-15H2,1H3/t16-,18+,20-,22-/m0/s1. The lowest BCUT2D eigenvalue weighted by Crippen LogP contribution is -2.47. The van der Waals surface area contributed by atoms with Crippen LogP contribution < -0.4 is 10.3 Å². The quantitative estimate of drug-likeness (QED) is 0.733. The summed E-state index contributed by atoms with van der Waals surface area (Å²) in [5.41, 5.74) is 3.44. The monoisotopic (exact) mass is 422 g/mol. The topological polar surface area (TPSA) is 59.8 Å². The molecule has 2 aromatic heterocycles. The van der Waals surface area contributed by atoms with Crippen molar-refractivity contribution in [2.24, 2.45) is 5.92 Å². The number of nitrogens with zero attached hydrogens (tertiary/aromatic N) is 4. The van der Waals surface area contributed by atoms with Crippen molar-refractivity contribution in [1.82, 2.24) is 19.4 Å². The van der Waals surface area contributed by atoms with Gasteiger partial charge >= 0.3 is 0 Å². The molecule has 0 aromatic carbocycles. The van der Waals surface area contributed by atoms with E-state index in [1.165, 1.54) is 12.1 Å². The molecule has 7 nitrogen and oxygen atoms in total. The van der Waals surface area contributed by atoms with Gasteiger partial charge in [-0.1, -0.05) is 6.07 Å². The Bertz CT molecular complexity index is 1020. The molecule has 0 aliphatic carbocycles. The van der Waals surface area contributed by atoms with Crippen molar-refractivity contribution in [3.63, 3.8) is 0 Å². The van der Waals surface area contributed by atoms with Crippen LogP contribution in [0.5, 0.6) is 5.75 Å². The van der Waals surface area contributed by atoms with Crippen LogP contribution in [0.1, 0.15) is 35.7 Å². The number of likely N-dealkylation sites (tertiary alicyclic amines) is 2. The third kappa shape index (κ3) is 3.58. The van der Waals surface area contributed by atoms with Gasteiger partial charge in [0.1, 0.15) is 5.75 Å². The van der Waals surface area contributed by atoms with E-state index in [9.17, 15) is 4.79 Å². The molecule has 0 unspecified atom stereocenters. The molecule has 2 aromatic rings. The summed E-state index contributed by atoms with van der Waals surface area (Å²) in [6, 6.07) is 8.82. The molecule has 7 heteroatoms. The molecule has 0 spiro atoms. The predicted molar refractivity (Wildman–Crippen MR) is 116 cm³/mol. The summed E-state index contributed by atoms with van der Waals surface area (Å²) in [4.78, 5) is 22.8. The highest BCUT2D eigenvalue weighted by molar-refractivity contribution is 5.23. The Morgan fingerprint density at radius 1 is 1.10 bits per heavy atom. The molecular weight excluding hydrogens is 392 g/mol. The Hall–Kier alpha value is -2.22. The highest BCUT2D eigenvalue weighted by atomic mass is 16.5. The molecule has 3 saturated heterocycles. The second-order valence-electron chi connectivity index (χ2n) is 9.66. The molecule has 4 atom stereocenters. The first-order valence-electron chi connectivity index (χ1n) is 11.5. The van der Waals surface area contributed by atoms with Crippen molar-refractivity contribution < 1.29 is 9.47 Å². The second-order valence-corrected chi connectivity index (χ2v) is 9.66. The number of rotatable bonds is 5. The van der Waals surface area contributed by atoms with Gasteiger partial charge in [-0.25, -0.2) is 0 Å². The molecular formula is C24H30N4O3. The highest BCUT2D eigenvalue weighted by Crippen LogP contribution is 2.36. The van der Waals surface area contributed by atoms with Gasteiger partial charge in [0.15, 0.2) is 0 Å². The number of hydrogen-bond acceptors (Lipinski definition) is 6. The fourth-order valence-electron chi connectivity index (χ4n) is 6.09. The summed E-state index contributed by atoms with van der Waals surface area (Å²) >= 11 is 0. The van der Waals surface area contributed by atoms with Crippen LogP contribution in [0, 0.1) is 5.92 Å². The average Bonchev–Trinajstić information content (AvgIpc) is 3.40. The normalized spacial score (nSPS) is 29.8. The van der Waals surface area contributed by atoms with Gasteiger partial charge < -0.3 is 14.0 Å². The van der Waals surface area contributed by atoms with Crippen LogP contribution in [0.3, 0.4) is 0 Å². The van der Waals surface area contributed by atoms with Gasteiger partial charge in [0.2, 0.25) is 0 Å². The lowest BCUT2D eigenvalue weighted by molar-refractivity contribution is 0.0270. The molecule has 6 heterocycles. The second kappa shape index (κ2) is 7.73. The molecule has 31 heavy (non-hydrogen) atoms. The molecule has 4 bridgehead atoms. The first-order chi connectivity index (χ1) is 15.2. The SMILES string of the molecule is COc1ccc(CN2C[C@@H]3C[C@H](C2)c2ccc(CN4C[C@@H]5C[C@H]4CO5)c(=O)n2C3)nc1. The molecule has 4 aliphatic rings. The van der Waals surface area contributed by atoms with Crippen molar-refractivity contribution >= 4 is 0 Å². The zero-order valence-electron chi connectivity index (χ0n) is 18.1. The predicted octanol–water partition coefficient (Wildman–Crippen LogP) is 1.84. The number of fused-ring (bicyclic) bond motifs is 6. The van der Waals surface area contributed by atoms with Gasteiger partial charge in [-0.05, 0) is 37.0 Å². The maximum atomic E-state index is 13.3. The maximum Gasteiger partial charge on any atom is 0.255 e. The van der Waals surface area contributed by atoms with Crippen LogP contribution in [-0.2, 0) is 24.4 Å². The van der Waals surface area contributed by atoms with Crippen LogP contribution in [0.15, 0.2) is 35.3 Å². The van der Waals surface area contributed by atoms with E-state index >= 15 is 0 Å². The van der Waals surface area contributed by atoms with E-state index in [1.807, 2.05) is 12.1 Å². The summed E-state index contributed by atoms with van der Waals surface area (Å²) in [6.07, 6.45) is 4.46. The maximum absolute atomic E-state index is 13.3. The van der Waals surface area contributed by atoms with E-state index < -0.39 is 0 Å². The fourth-order valence-corrected chi connectivity index (χ4v) is 6.09. The number of hydrogen-bond donors (Lipinski definition) is 0. The third-order valence-electron chi connectivity index (χ3n) is 7.56. The number of piperidine rings is 1. The summed E-state index contributed by atoms with van der Waals surface area (Å²) in [5.74, 6) is 1.73. The molecule has 164 valence electrons. The zero-order chi connectivity index (χ0) is 20.9. The van der Waals surface area contributed by atoms with Crippen LogP contribution in [0.4, 0.5) is 0 Å². The van der Waals surface area contributed by atoms with Crippen LogP contribution >= 0.6 is 0 Å². The van der Waals surface area contributed by atoms with Crippen molar-refractivity contribution in [1.29, 1.82) is 0 Å². The van der Waals surface area contributed by atoms with E-state index in [-0.39, 0.29) is 5.56 Å². The van der Waals surface area contributed by atoms with Gasteiger partial charge in [0, 0.05) is 62.5 Å². The Balaban J connectivity index is 1.18. The molecule has 0 saturated carbocycles. The van der Waals surface area contributed by atoms with E-state index in [4.69, 9.17) is 9.47 Å². The molecule has 0 amide bonds. The van der Waals surface area contributed by atoms with Crippen molar-refractivity contribution in [2.75, 3.05) is 33.4 Å². The molecule has 4 aliphatic heterocycles. The van der Waals surface area contributed by atoms with Crippen LogP contribution in [0.2, 0.25) is 0 Å².